The number of halogens is 4. The summed E-state index contributed by atoms with van der Waals surface area (Å²) in [5, 5.41) is 44.1. The SMILES string of the molecule is CO[C@@H]1CCCC[C@H]1OC(=O)O[C@]1(C(=O)O)[C@H](C)C[C@H]2[C@@H]3C[C@H](F)C4=CC(=O)C=C[C@]4(C)[C@@]3(F)[C@@H](O)C[C@@]21C.CO[C@H]1CCCC[C@@H]1OC(=O)O[C@]1(C(=O)O)[C@H](C)C[C@H]2[C@@H]3C[C@H](F)C4=CC(=O)C=C[C@]4(C)[C@@]3(F)[C@@H](O)C[C@@]21C. The van der Waals surface area contributed by atoms with Gasteiger partial charge in [-0.2, -0.15) is 0 Å². The molecule has 0 aromatic carbocycles. The molecule has 0 saturated heterocycles. The maximum absolute atomic E-state index is 17.4. The van der Waals surface area contributed by atoms with Crippen molar-refractivity contribution in [2.24, 2.45) is 57.2 Å². The van der Waals surface area contributed by atoms with E-state index in [9.17, 15) is 49.2 Å². The van der Waals surface area contributed by atoms with E-state index in [-0.39, 0.29) is 61.9 Å². The van der Waals surface area contributed by atoms with Gasteiger partial charge in [0, 0.05) is 59.6 Å². The van der Waals surface area contributed by atoms with Crippen molar-refractivity contribution in [3.8, 4) is 0 Å². The summed E-state index contributed by atoms with van der Waals surface area (Å²) in [6, 6.07) is 0. The van der Waals surface area contributed by atoms with Crippen molar-refractivity contribution in [3.63, 3.8) is 0 Å². The minimum atomic E-state index is -2.36. The normalized spacial score (nSPS) is 48.8. The molecule has 8 fully saturated rings. The number of ether oxygens (including phenoxy) is 6. The first-order chi connectivity index (χ1) is 36.5. The molecule has 22 atom stereocenters. The Balaban J connectivity index is 0.000000190. The molecule has 16 nitrogen and oxygen atoms in total. The Morgan fingerprint density at radius 1 is 0.551 bits per heavy atom. The number of fused-ring (bicyclic) bond motifs is 10. The van der Waals surface area contributed by atoms with Gasteiger partial charge < -0.3 is 48.8 Å². The fourth-order valence-corrected chi connectivity index (χ4v) is 18.0. The minimum Gasteiger partial charge on any atom is -0.478 e. The van der Waals surface area contributed by atoms with Gasteiger partial charge in [0.15, 0.2) is 22.9 Å². The third-order valence-electron chi connectivity index (χ3n) is 21.8. The van der Waals surface area contributed by atoms with Gasteiger partial charge in [-0.15, -0.1) is 0 Å². The average Bonchev–Trinajstić information content (AvgIpc) is 2.46. The Morgan fingerprint density at radius 3 is 1.21 bits per heavy atom. The van der Waals surface area contributed by atoms with Gasteiger partial charge in [0.2, 0.25) is 11.2 Å². The maximum atomic E-state index is 17.4. The number of methoxy groups -OCH3 is 2. The molecule has 0 bridgehead atoms. The maximum Gasteiger partial charge on any atom is 0.509 e. The molecule has 10 aliphatic carbocycles. The number of hydrogen-bond donors (Lipinski definition) is 4. The predicted molar refractivity (Wildman–Crippen MR) is 268 cm³/mol. The summed E-state index contributed by atoms with van der Waals surface area (Å²) in [5.41, 5.74) is -15.0. The first-order valence-corrected chi connectivity index (χ1v) is 27.8. The van der Waals surface area contributed by atoms with Crippen LogP contribution in [0.3, 0.4) is 0 Å². The molecule has 0 unspecified atom stereocenters. The van der Waals surface area contributed by atoms with Gasteiger partial charge in [0.25, 0.3) is 0 Å². The Hall–Kier alpha value is -4.66. The second-order valence-corrected chi connectivity index (χ2v) is 25.2. The van der Waals surface area contributed by atoms with Crippen LogP contribution in [0.15, 0.2) is 47.6 Å². The minimum absolute atomic E-state index is 0.00745. The number of carbonyl (C=O) groups excluding carboxylic acids is 4. The number of carboxylic acids is 2. The van der Waals surface area contributed by atoms with Gasteiger partial charge in [0.05, 0.1) is 24.4 Å². The molecule has 0 radical (unpaired) electrons. The molecule has 0 heterocycles. The summed E-state index contributed by atoms with van der Waals surface area (Å²) < 4.78 is 99.6. The van der Waals surface area contributed by atoms with Gasteiger partial charge in [-0.3, -0.25) is 9.59 Å². The number of hydrogen-bond acceptors (Lipinski definition) is 14. The van der Waals surface area contributed by atoms with Gasteiger partial charge in [-0.1, -0.05) is 52.7 Å². The summed E-state index contributed by atoms with van der Waals surface area (Å²) in [5.74, 6) is -8.88. The smallest absolute Gasteiger partial charge is 0.478 e. The molecular formula is C58H76F4O16. The largest absolute Gasteiger partial charge is 0.509 e. The number of carboxylic acid groups (broad SMARTS) is 2. The Bertz CT molecular complexity index is 2420. The van der Waals surface area contributed by atoms with Gasteiger partial charge in [0.1, 0.15) is 24.6 Å². The average molecular weight is 1110 g/mol. The molecule has 432 valence electrons. The lowest BCUT2D eigenvalue weighted by Gasteiger charge is -2.62. The molecule has 4 N–H and O–H groups in total. The van der Waals surface area contributed by atoms with E-state index in [2.05, 4.69) is 0 Å². The fraction of sp³-hybridized carbons (Fsp3) is 0.759. The Kier molecular flexibility index (Phi) is 14.9. The highest BCUT2D eigenvalue weighted by Gasteiger charge is 2.81. The highest BCUT2D eigenvalue weighted by atomic mass is 19.2. The van der Waals surface area contributed by atoms with Crippen LogP contribution in [0.5, 0.6) is 0 Å². The molecular weight excluding hydrogens is 1030 g/mol. The molecule has 0 aromatic rings. The van der Waals surface area contributed by atoms with Crippen LogP contribution >= 0.6 is 0 Å². The topological polar surface area (TPSA) is 239 Å². The number of carbonyl (C=O) groups is 6. The molecule has 10 aliphatic rings. The third kappa shape index (κ3) is 8.05. The van der Waals surface area contributed by atoms with Gasteiger partial charge >= 0.3 is 24.2 Å². The highest BCUT2D eigenvalue weighted by Crippen LogP contribution is 2.73. The second kappa shape index (κ2) is 20.1. The second-order valence-electron chi connectivity index (χ2n) is 25.2. The molecule has 78 heavy (non-hydrogen) atoms. The number of aliphatic hydroxyl groups is 2. The van der Waals surface area contributed by atoms with Crippen molar-refractivity contribution in [3.05, 3.63) is 47.6 Å². The number of aliphatic carboxylic acids is 2. The van der Waals surface area contributed by atoms with E-state index in [1.54, 1.807) is 27.7 Å². The number of allylic oxidation sites excluding steroid dienone is 8. The summed E-state index contributed by atoms with van der Waals surface area (Å²) in [6.45, 7) is 9.39. The van der Waals surface area contributed by atoms with Crippen LogP contribution in [0.4, 0.5) is 27.2 Å². The quantitative estimate of drug-likeness (QED) is 0.131. The zero-order valence-corrected chi connectivity index (χ0v) is 45.6. The van der Waals surface area contributed by atoms with E-state index in [1.165, 1.54) is 52.4 Å². The Labute approximate surface area is 451 Å². The number of rotatable bonds is 8. The number of ketones is 2. The summed E-state index contributed by atoms with van der Waals surface area (Å²) in [7, 11) is 3.04. The lowest BCUT2D eigenvalue weighted by atomic mass is 9.44. The lowest BCUT2D eigenvalue weighted by molar-refractivity contribution is -0.233. The van der Waals surface area contributed by atoms with Crippen molar-refractivity contribution < 1.29 is 95.2 Å². The van der Waals surface area contributed by atoms with Crippen LogP contribution in [-0.2, 0) is 47.6 Å². The molecule has 0 aromatic heterocycles. The van der Waals surface area contributed by atoms with Gasteiger partial charge in [-0.05, 0) is 138 Å². The summed E-state index contributed by atoms with van der Waals surface area (Å²) >= 11 is 0. The standard InChI is InChI=1S/2C29H38F2O8/c2*1-15-11-17-18-13-20(30)19-12-16(32)9-10-26(19,2)28(18,31)23(33)14-27(17,3)29(15,24(34)35)39-25(36)38-22-8-6-5-7-21(22)37-4/h2*9-10,12,15,17-18,20-23,33H,5-8,11,13-14H2,1-4H3,(H,34,35)/t15-,17+,18+,20+,21+,22+,23+,26+,27+,28+,29+;15-,17+,18+,20+,21-,22-,23+,26+,27+,28+,29+/m11/s1. The highest BCUT2D eigenvalue weighted by molar-refractivity contribution is 6.02. The van der Waals surface area contributed by atoms with Crippen molar-refractivity contribution >= 4 is 35.8 Å². The summed E-state index contributed by atoms with van der Waals surface area (Å²) in [6.07, 6.45) is 1.40. The lowest BCUT2D eigenvalue weighted by Crippen LogP contribution is -2.71. The van der Waals surface area contributed by atoms with E-state index in [0.29, 0.717) is 25.7 Å². The van der Waals surface area contributed by atoms with Crippen molar-refractivity contribution in [1.82, 2.24) is 0 Å². The molecule has 10 rings (SSSR count). The zero-order valence-electron chi connectivity index (χ0n) is 45.6. The monoisotopic (exact) mass is 1100 g/mol. The van der Waals surface area contributed by atoms with E-state index in [4.69, 9.17) is 28.4 Å². The Morgan fingerprint density at radius 2 is 0.885 bits per heavy atom. The van der Waals surface area contributed by atoms with Crippen LogP contribution < -0.4 is 0 Å². The van der Waals surface area contributed by atoms with Crippen LogP contribution in [0, 0.1) is 57.2 Å². The van der Waals surface area contributed by atoms with Crippen LogP contribution in [-0.4, -0.2) is 142 Å². The van der Waals surface area contributed by atoms with E-state index < -0.39 is 152 Å². The van der Waals surface area contributed by atoms with Crippen LogP contribution in [0.25, 0.3) is 0 Å². The number of aliphatic hydroxyl groups excluding tert-OH is 2. The van der Waals surface area contributed by atoms with Crippen LogP contribution in [0.2, 0.25) is 0 Å². The molecule has 20 heteroatoms. The molecule has 8 saturated carbocycles. The fourth-order valence-electron chi connectivity index (χ4n) is 18.0. The molecule has 0 amide bonds. The molecule has 0 aliphatic heterocycles. The van der Waals surface area contributed by atoms with Crippen molar-refractivity contribution in [2.45, 2.75) is 203 Å². The van der Waals surface area contributed by atoms with Crippen LogP contribution in [0.1, 0.15) is 131 Å². The first kappa shape index (κ1) is 58.0. The molecule has 0 spiro atoms. The number of alkyl halides is 4. The van der Waals surface area contributed by atoms with E-state index in [0.717, 1.165) is 37.8 Å². The zero-order chi connectivity index (χ0) is 57.1. The van der Waals surface area contributed by atoms with E-state index >= 15 is 17.6 Å². The first-order valence-electron chi connectivity index (χ1n) is 27.8. The van der Waals surface area contributed by atoms with Gasteiger partial charge in [-0.25, -0.2) is 36.7 Å². The van der Waals surface area contributed by atoms with Crippen molar-refractivity contribution in [1.29, 1.82) is 0 Å². The van der Waals surface area contributed by atoms with E-state index in [1.807, 2.05) is 0 Å². The van der Waals surface area contributed by atoms with Crippen molar-refractivity contribution in [2.75, 3.05) is 14.2 Å². The summed E-state index contributed by atoms with van der Waals surface area (Å²) in [4.78, 5) is 76.4. The predicted octanol–water partition coefficient (Wildman–Crippen LogP) is 8.97. The third-order valence-corrected chi connectivity index (χ3v) is 21.8.